The average Bonchev–Trinajstić information content (AvgIpc) is 2.99. The molecule has 1 heterocycles. The van der Waals surface area contributed by atoms with Gasteiger partial charge in [-0.15, -0.1) is 0 Å². The Labute approximate surface area is 235 Å². The maximum absolute atomic E-state index is 12.9. The number of benzene rings is 3. The first-order chi connectivity index (χ1) is 19.4. The fraction of sp³-hybridized carbons (Fsp3) is 0.344. The zero-order valence-electron chi connectivity index (χ0n) is 22.9. The standard InChI is InChI=1S/C32H37N3O5/c1-38-28-22-24(12-15-27(28)39-29(36)16-13-23-18-20-35(21-19-23)32(33)34)14-17-30(37)40-31(25-8-4-2-5-9-25)26-10-6-3-7-11-26/h2-12,15,22-23,31H,13-14,16-21H2,1H3,(H3,33,34). The lowest BCUT2D eigenvalue weighted by Gasteiger charge is -2.31. The highest BCUT2D eigenvalue weighted by Crippen LogP contribution is 2.31. The van der Waals surface area contributed by atoms with Crippen molar-refractivity contribution in [1.82, 2.24) is 4.90 Å². The molecule has 40 heavy (non-hydrogen) atoms. The summed E-state index contributed by atoms with van der Waals surface area (Å²) in [6.45, 7) is 1.49. The predicted molar refractivity (Wildman–Crippen MR) is 153 cm³/mol. The average molecular weight is 544 g/mol. The molecule has 1 aliphatic heterocycles. The fourth-order valence-corrected chi connectivity index (χ4v) is 4.93. The molecular formula is C32H37N3O5. The van der Waals surface area contributed by atoms with Crippen LogP contribution >= 0.6 is 0 Å². The van der Waals surface area contributed by atoms with E-state index in [1.807, 2.05) is 71.6 Å². The summed E-state index contributed by atoms with van der Waals surface area (Å²) in [6, 6.07) is 24.7. The van der Waals surface area contributed by atoms with Gasteiger partial charge in [-0.2, -0.15) is 0 Å². The van der Waals surface area contributed by atoms with Gasteiger partial charge in [0.2, 0.25) is 0 Å². The van der Waals surface area contributed by atoms with Crippen molar-refractivity contribution in [2.75, 3.05) is 20.2 Å². The van der Waals surface area contributed by atoms with Crippen LogP contribution in [0.1, 0.15) is 54.9 Å². The first kappa shape index (κ1) is 28.7. The number of rotatable bonds is 11. The van der Waals surface area contributed by atoms with E-state index in [4.69, 9.17) is 25.4 Å². The minimum atomic E-state index is -0.479. The molecule has 8 heteroatoms. The minimum Gasteiger partial charge on any atom is -0.493 e. The minimum absolute atomic E-state index is 0.105. The van der Waals surface area contributed by atoms with Crippen LogP contribution < -0.4 is 15.2 Å². The highest BCUT2D eigenvalue weighted by atomic mass is 16.6. The monoisotopic (exact) mass is 543 g/mol. The smallest absolute Gasteiger partial charge is 0.311 e. The van der Waals surface area contributed by atoms with E-state index in [9.17, 15) is 9.59 Å². The van der Waals surface area contributed by atoms with Gasteiger partial charge in [0.05, 0.1) is 7.11 Å². The Kier molecular flexibility index (Phi) is 10.2. The summed E-state index contributed by atoms with van der Waals surface area (Å²) < 4.78 is 17.0. The Balaban J connectivity index is 1.29. The van der Waals surface area contributed by atoms with Crippen molar-refractivity contribution in [2.45, 2.75) is 44.6 Å². The number of likely N-dealkylation sites (tertiary alicyclic amines) is 1. The summed E-state index contributed by atoms with van der Waals surface area (Å²) in [5, 5.41) is 7.54. The number of nitrogens with two attached hydrogens (primary N) is 1. The lowest BCUT2D eigenvalue weighted by atomic mass is 9.92. The van der Waals surface area contributed by atoms with E-state index in [0.29, 0.717) is 30.3 Å². The van der Waals surface area contributed by atoms with Gasteiger partial charge in [-0.3, -0.25) is 15.0 Å². The molecule has 3 aromatic rings. The van der Waals surface area contributed by atoms with Gasteiger partial charge in [0.25, 0.3) is 0 Å². The van der Waals surface area contributed by atoms with E-state index in [1.165, 1.54) is 7.11 Å². The molecule has 0 aliphatic carbocycles. The number of carbonyl (C=O) groups excluding carboxylic acids is 2. The molecule has 0 bridgehead atoms. The molecule has 1 aliphatic rings. The van der Waals surface area contributed by atoms with Gasteiger partial charge >= 0.3 is 11.9 Å². The summed E-state index contributed by atoms with van der Waals surface area (Å²) in [7, 11) is 1.53. The lowest BCUT2D eigenvalue weighted by molar-refractivity contribution is -0.147. The number of hydrogen-bond donors (Lipinski definition) is 2. The Bertz CT molecular complexity index is 1230. The Hall–Kier alpha value is -4.33. The first-order valence-corrected chi connectivity index (χ1v) is 13.7. The Morgan fingerprint density at radius 3 is 2.10 bits per heavy atom. The molecule has 0 aromatic heterocycles. The van der Waals surface area contributed by atoms with Crippen LogP contribution in [0.5, 0.6) is 11.5 Å². The van der Waals surface area contributed by atoms with Gasteiger partial charge in [0.1, 0.15) is 0 Å². The van der Waals surface area contributed by atoms with E-state index < -0.39 is 6.10 Å². The van der Waals surface area contributed by atoms with Crippen molar-refractivity contribution in [3.63, 3.8) is 0 Å². The molecule has 4 rings (SSSR count). The largest absolute Gasteiger partial charge is 0.493 e. The SMILES string of the molecule is COc1cc(CCC(=O)OC(c2ccccc2)c2ccccc2)ccc1OC(=O)CCC1CCN(C(=N)N)CC1. The summed E-state index contributed by atoms with van der Waals surface area (Å²) in [5.74, 6) is 0.709. The molecular weight excluding hydrogens is 506 g/mol. The molecule has 8 nitrogen and oxygen atoms in total. The molecule has 3 N–H and O–H groups in total. The first-order valence-electron chi connectivity index (χ1n) is 13.7. The van der Waals surface area contributed by atoms with Gasteiger partial charge in [0, 0.05) is 25.9 Å². The molecule has 0 spiro atoms. The van der Waals surface area contributed by atoms with Crippen LogP contribution in [0.3, 0.4) is 0 Å². The predicted octanol–water partition coefficient (Wildman–Crippen LogP) is 5.25. The number of nitrogens with one attached hydrogen (secondary N) is 1. The second kappa shape index (κ2) is 14.2. The number of piperidine rings is 1. The highest BCUT2D eigenvalue weighted by Gasteiger charge is 2.22. The van der Waals surface area contributed by atoms with E-state index in [1.54, 1.807) is 12.1 Å². The van der Waals surface area contributed by atoms with Gasteiger partial charge in [0.15, 0.2) is 23.6 Å². The van der Waals surface area contributed by atoms with E-state index in [2.05, 4.69) is 0 Å². The number of hydrogen-bond acceptors (Lipinski definition) is 6. The van der Waals surface area contributed by atoms with Gasteiger partial charge < -0.3 is 24.8 Å². The number of esters is 2. The van der Waals surface area contributed by atoms with Crippen LogP contribution in [0.2, 0.25) is 0 Å². The molecule has 1 saturated heterocycles. The summed E-state index contributed by atoms with van der Waals surface area (Å²) >= 11 is 0. The number of methoxy groups -OCH3 is 1. The summed E-state index contributed by atoms with van der Waals surface area (Å²) in [6.07, 6.45) is 3.04. The van der Waals surface area contributed by atoms with Crippen LogP contribution in [0.15, 0.2) is 78.9 Å². The molecule has 0 unspecified atom stereocenters. The van der Waals surface area contributed by atoms with Crippen molar-refractivity contribution in [2.24, 2.45) is 11.7 Å². The molecule has 0 radical (unpaired) electrons. The fourth-order valence-electron chi connectivity index (χ4n) is 4.93. The third kappa shape index (κ3) is 8.09. The molecule has 3 aromatic carbocycles. The Morgan fingerprint density at radius 1 is 0.900 bits per heavy atom. The van der Waals surface area contributed by atoms with Crippen LogP contribution in [0.25, 0.3) is 0 Å². The van der Waals surface area contributed by atoms with E-state index >= 15 is 0 Å². The van der Waals surface area contributed by atoms with Crippen molar-refractivity contribution < 1.29 is 23.8 Å². The maximum atomic E-state index is 12.9. The van der Waals surface area contributed by atoms with Crippen LogP contribution in [-0.2, 0) is 20.7 Å². The van der Waals surface area contributed by atoms with E-state index in [-0.39, 0.29) is 24.3 Å². The normalized spacial score (nSPS) is 13.6. The van der Waals surface area contributed by atoms with Crippen molar-refractivity contribution >= 4 is 17.9 Å². The van der Waals surface area contributed by atoms with E-state index in [0.717, 1.165) is 49.0 Å². The van der Waals surface area contributed by atoms with Crippen LogP contribution in [0.4, 0.5) is 0 Å². The van der Waals surface area contributed by atoms with Gasteiger partial charge in [-0.25, -0.2) is 0 Å². The molecule has 0 atom stereocenters. The van der Waals surface area contributed by atoms with Crippen molar-refractivity contribution in [3.05, 3.63) is 95.6 Å². The number of carbonyl (C=O) groups is 2. The zero-order valence-corrected chi connectivity index (χ0v) is 22.9. The summed E-state index contributed by atoms with van der Waals surface area (Å²) in [4.78, 5) is 27.2. The Morgan fingerprint density at radius 2 is 1.52 bits per heavy atom. The van der Waals surface area contributed by atoms with Crippen LogP contribution in [-0.4, -0.2) is 43.0 Å². The second-order valence-electron chi connectivity index (χ2n) is 10.0. The highest BCUT2D eigenvalue weighted by molar-refractivity contribution is 5.75. The number of aryl methyl sites for hydroxylation is 1. The third-order valence-electron chi connectivity index (χ3n) is 7.24. The molecule has 0 saturated carbocycles. The number of nitrogens with zero attached hydrogens (tertiary/aromatic N) is 1. The third-order valence-corrected chi connectivity index (χ3v) is 7.24. The van der Waals surface area contributed by atoms with Gasteiger partial charge in [-0.05, 0) is 60.4 Å². The lowest BCUT2D eigenvalue weighted by Crippen LogP contribution is -2.42. The van der Waals surface area contributed by atoms with Gasteiger partial charge in [-0.1, -0.05) is 66.7 Å². The number of ether oxygens (including phenoxy) is 3. The summed E-state index contributed by atoms with van der Waals surface area (Å²) in [5.41, 5.74) is 8.26. The molecule has 0 amide bonds. The van der Waals surface area contributed by atoms with Crippen molar-refractivity contribution in [3.8, 4) is 11.5 Å². The zero-order chi connectivity index (χ0) is 28.3. The van der Waals surface area contributed by atoms with Crippen LogP contribution in [0, 0.1) is 11.3 Å². The maximum Gasteiger partial charge on any atom is 0.311 e. The van der Waals surface area contributed by atoms with Crippen molar-refractivity contribution in [1.29, 1.82) is 5.41 Å². The topological polar surface area (TPSA) is 115 Å². The molecule has 210 valence electrons. The number of guanidine groups is 1. The second-order valence-corrected chi connectivity index (χ2v) is 10.0. The molecule has 1 fully saturated rings. The quantitative estimate of drug-likeness (QED) is 0.147.